The molecule has 0 amide bonds. The van der Waals surface area contributed by atoms with E-state index in [1.165, 1.54) is 11.3 Å². The fourth-order valence-electron chi connectivity index (χ4n) is 3.50. The molecule has 4 rings (SSSR count). The maximum absolute atomic E-state index is 12.3. The molecule has 2 aromatic carbocycles. The van der Waals surface area contributed by atoms with Gasteiger partial charge < -0.3 is 9.72 Å². The van der Waals surface area contributed by atoms with Gasteiger partial charge >= 0.3 is 0 Å². The summed E-state index contributed by atoms with van der Waals surface area (Å²) in [5.41, 5.74) is 2.26. The molecule has 0 aliphatic heterocycles. The SMILES string of the molecule is CCCS(=O)(=O)c1ccc(-c2c(OC)ccc3[nH]c(=O)c4sccc4c23)cc1. The third-order valence-corrected chi connectivity index (χ3v) is 7.60. The highest BCUT2D eigenvalue weighted by molar-refractivity contribution is 7.91. The van der Waals surface area contributed by atoms with E-state index in [4.69, 9.17) is 4.74 Å². The number of sulfone groups is 1. The van der Waals surface area contributed by atoms with E-state index in [1.807, 2.05) is 30.5 Å². The number of hydrogen-bond acceptors (Lipinski definition) is 5. The zero-order valence-electron chi connectivity index (χ0n) is 15.5. The molecule has 0 spiro atoms. The Morgan fingerprint density at radius 1 is 1.07 bits per heavy atom. The third kappa shape index (κ3) is 3.00. The normalized spacial score (nSPS) is 11.9. The van der Waals surface area contributed by atoms with Gasteiger partial charge in [0.15, 0.2) is 9.84 Å². The first-order chi connectivity index (χ1) is 13.5. The Morgan fingerprint density at radius 2 is 1.82 bits per heavy atom. The maximum atomic E-state index is 12.3. The second kappa shape index (κ2) is 7.07. The molecule has 0 unspecified atom stereocenters. The molecular weight excluding hydrogens is 394 g/mol. The number of hydrogen-bond donors (Lipinski definition) is 1. The van der Waals surface area contributed by atoms with E-state index < -0.39 is 9.84 Å². The van der Waals surface area contributed by atoms with Crippen LogP contribution in [0.1, 0.15) is 13.3 Å². The van der Waals surface area contributed by atoms with Crippen molar-refractivity contribution in [1.29, 1.82) is 0 Å². The lowest BCUT2D eigenvalue weighted by molar-refractivity contribution is 0.417. The Kier molecular flexibility index (Phi) is 4.72. The topological polar surface area (TPSA) is 76.2 Å². The van der Waals surface area contributed by atoms with Crippen LogP contribution in [0.3, 0.4) is 0 Å². The Bertz CT molecular complexity index is 1330. The van der Waals surface area contributed by atoms with Crippen LogP contribution in [0.2, 0.25) is 0 Å². The Morgan fingerprint density at radius 3 is 2.50 bits per heavy atom. The van der Waals surface area contributed by atoms with Crippen molar-refractivity contribution in [3.63, 3.8) is 0 Å². The summed E-state index contributed by atoms with van der Waals surface area (Å²) < 4.78 is 30.9. The molecular formula is C21H19NO4S2. The van der Waals surface area contributed by atoms with Gasteiger partial charge in [-0.3, -0.25) is 4.79 Å². The van der Waals surface area contributed by atoms with Crippen LogP contribution in [0.25, 0.3) is 32.1 Å². The summed E-state index contributed by atoms with van der Waals surface area (Å²) in [6, 6.07) is 12.4. The number of rotatable bonds is 5. The molecule has 0 saturated heterocycles. The molecule has 4 aromatic rings. The van der Waals surface area contributed by atoms with Crippen LogP contribution < -0.4 is 10.3 Å². The van der Waals surface area contributed by atoms with Gasteiger partial charge in [-0.1, -0.05) is 19.1 Å². The van der Waals surface area contributed by atoms with E-state index in [0.717, 1.165) is 27.4 Å². The van der Waals surface area contributed by atoms with Gasteiger partial charge in [0, 0.05) is 21.9 Å². The summed E-state index contributed by atoms with van der Waals surface area (Å²) in [5.74, 6) is 0.789. The lowest BCUT2D eigenvalue weighted by atomic mass is 9.97. The highest BCUT2D eigenvalue weighted by atomic mass is 32.2. The van der Waals surface area contributed by atoms with Crippen molar-refractivity contribution in [3.8, 4) is 16.9 Å². The quantitative estimate of drug-likeness (QED) is 0.519. The number of aromatic nitrogens is 1. The largest absolute Gasteiger partial charge is 0.496 e. The second-order valence-electron chi connectivity index (χ2n) is 6.53. The number of nitrogens with one attached hydrogen (secondary N) is 1. The van der Waals surface area contributed by atoms with Crippen LogP contribution in [0, 0.1) is 0 Å². The summed E-state index contributed by atoms with van der Waals surface area (Å²) in [4.78, 5) is 15.6. The first kappa shape index (κ1) is 18.7. The van der Waals surface area contributed by atoms with E-state index in [0.29, 0.717) is 21.8 Å². The fraction of sp³-hybridized carbons (Fsp3) is 0.190. The highest BCUT2D eigenvalue weighted by Crippen LogP contribution is 2.40. The van der Waals surface area contributed by atoms with Crippen LogP contribution >= 0.6 is 11.3 Å². The van der Waals surface area contributed by atoms with Crippen LogP contribution in [-0.4, -0.2) is 26.3 Å². The zero-order chi connectivity index (χ0) is 19.9. The van der Waals surface area contributed by atoms with Crippen LogP contribution in [0.4, 0.5) is 0 Å². The smallest absolute Gasteiger partial charge is 0.266 e. The van der Waals surface area contributed by atoms with E-state index in [-0.39, 0.29) is 11.3 Å². The molecule has 0 radical (unpaired) electrons. The number of thiophene rings is 1. The van der Waals surface area contributed by atoms with E-state index in [9.17, 15) is 13.2 Å². The monoisotopic (exact) mass is 413 g/mol. The average Bonchev–Trinajstić information content (AvgIpc) is 3.18. The highest BCUT2D eigenvalue weighted by Gasteiger charge is 2.18. The van der Waals surface area contributed by atoms with E-state index >= 15 is 0 Å². The molecule has 2 aromatic heterocycles. The molecule has 0 bridgehead atoms. The molecule has 2 heterocycles. The number of aromatic amines is 1. The Hall–Kier alpha value is -2.64. The van der Waals surface area contributed by atoms with Crippen molar-refractivity contribution in [2.75, 3.05) is 12.9 Å². The molecule has 1 N–H and O–H groups in total. The van der Waals surface area contributed by atoms with Crippen molar-refractivity contribution < 1.29 is 13.2 Å². The summed E-state index contributed by atoms with van der Waals surface area (Å²) in [5, 5.41) is 3.64. The number of benzene rings is 2. The molecule has 0 atom stereocenters. The number of pyridine rings is 1. The van der Waals surface area contributed by atoms with Gasteiger partial charge in [-0.15, -0.1) is 11.3 Å². The van der Waals surface area contributed by atoms with Crippen LogP contribution in [-0.2, 0) is 9.84 Å². The summed E-state index contributed by atoms with van der Waals surface area (Å²) in [6.45, 7) is 1.85. The molecule has 0 aliphatic carbocycles. The fourth-order valence-corrected chi connectivity index (χ4v) is 5.62. The number of H-pyrrole nitrogens is 1. The second-order valence-corrected chi connectivity index (χ2v) is 9.55. The van der Waals surface area contributed by atoms with Crippen molar-refractivity contribution in [2.24, 2.45) is 0 Å². The Balaban J connectivity index is 2.00. The lowest BCUT2D eigenvalue weighted by Crippen LogP contribution is -2.06. The Labute approximate surface area is 166 Å². The molecule has 0 aliphatic rings. The van der Waals surface area contributed by atoms with Crippen LogP contribution in [0.5, 0.6) is 5.75 Å². The first-order valence-corrected chi connectivity index (χ1v) is 11.4. The minimum Gasteiger partial charge on any atom is -0.496 e. The first-order valence-electron chi connectivity index (χ1n) is 8.89. The van der Waals surface area contributed by atoms with Gasteiger partial charge in [0.05, 0.1) is 17.8 Å². The van der Waals surface area contributed by atoms with Gasteiger partial charge in [-0.05, 0) is 47.7 Å². The van der Waals surface area contributed by atoms with Gasteiger partial charge in [0.2, 0.25) is 0 Å². The molecule has 0 fully saturated rings. The van der Waals surface area contributed by atoms with Crippen molar-refractivity contribution >= 4 is 42.2 Å². The van der Waals surface area contributed by atoms with Crippen molar-refractivity contribution in [1.82, 2.24) is 4.98 Å². The lowest BCUT2D eigenvalue weighted by Gasteiger charge is -2.14. The number of ether oxygens (including phenoxy) is 1. The predicted molar refractivity (Wildman–Crippen MR) is 114 cm³/mol. The van der Waals surface area contributed by atoms with E-state index in [2.05, 4.69) is 4.98 Å². The minimum atomic E-state index is -3.28. The number of methoxy groups -OCH3 is 1. The van der Waals surface area contributed by atoms with Gasteiger partial charge in [0.1, 0.15) is 10.4 Å². The summed E-state index contributed by atoms with van der Waals surface area (Å²) in [6.07, 6.45) is 0.574. The molecule has 0 saturated carbocycles. The molecule has 144 valence electrons. The number of fused-ring (bicyclic) bond motifs is 3. The van der Waals surface area contributed by atoms with Crippen LogP contribution in [0.15, 0.2) is 57.5 Å². The zero-order valence-corrected chi connectivity index (χ0v) is 17.1. The van der Waals surface area contributed by atoms with E-state index in [1.54, 1.807) is 31.4 Å². The maximum Gasteiger partial charge on any atom is 0.266 e. The van der Waals surface area contributed by atoms with Gasteiger partial charge in [0.25, 0.3) is 5.56 Å². The van der Waals surface area contributed by atoms with Gasteiger partial charge in [-0.2, -0.15) is 0 Å². The standard InChI is InChI=1S/C21H19NO4S2/c1-3-12-28(24,25)14-6-4-13(5-7-14)18-17(26-2)9-8-16-19(18)15-10-11-27-20(15)21(23)22-16/h4-11H,3,12H2,1-2H3,(H,22,23). The summed E-state index contributed by atoms with van der Waals surface area (Å²) in [7, 11) is -1.68. The van der Waals surface area contributed by atoms with Crippen molar-refractivity contribution in [2.45, 2.75) is 18.2 Å². The molecule has 5 nitrogen and oxygen atoms in total. The third-order valence-electron chi connectivity index (χ3n) is 4.75. The van der Waals surface area contributed by atoms with Crippen molar-refractivity contribution in [3.05, 3.63) is 58.2 Å². The predicted octanol–water partition coefficient (Wildman–Crippen LogP) is 4.60. The molecule has 28 heavy (non-hydrogen) atoms. The average molecular weight is 414 g/mol. The minimum absolute atomic E-state index is 0.116. The van der Waals surface area contributed by atoms with Gasteiger partial charge in [-0.25, -0.2) is 8.42 Å². The summed E-state index contributed by atoms with van der Waals surface area (Å²) >= 11 is 1.39. The molecule has 7 heteroatoms.